The number of amides is 1. The zero-order valence-electron chi connectivity index (χ0n) is 22.0. The van der Waals surface area contributed by atoms with Gasteiger partial charge in [-0.15, -0.1) is 5.10 Å². The minimum Gasteiger partial charge on any atom is -0.497 e. The highest BCUT2D eigenvalue weighted by atomic mass is 32.2. The number of thioether (sulfide) groups is 1. The first-order valence-electron chi connectivity index (χ1n) is 12.6. The molecule has 38 heavy (non-hydrogen) atoms. The Bertz CT molecular complexity index is 1490. The normalized spacial score (nSPS) is 14.6. The van der Waals surface area contributed by atoms with E-state index in [0.29, 0.717) is 22.4 Å². The van der Waals surface area contributed by atoms with E-state index < -0.39 is 6.04 Å². The van der Waals surface area contributed by atoms with Crippen LogP contribution in [-0.4, -0.2) is 27.8 Å². The zero-order valence-corrected chi connectivity index (χ0v) is 22.8. The molecule has 1 aliphatic rings. The first-order chi connectivity index (χ1) is 18.5. The van der Waals surface area contributed by atoms with Crippen LogP contribution in [0, 0.1) is 6.92 Å². The summed E-state index contributed by atoms with van der Waals surface area (Å²) in [5, 5.41) is 11.9. The number of nitrogens with one attached hydrogen (secondary N) is 2. The van der Waals surface area contributed by atoms with Gasteiger partial charge in [-0.3, -0.25) is 4.79 Å². The Kier molecular flexibility index (Phi) is 7.51. The lowest BCUT2D eigenvalue weighted by Gasteiger charge is -2.29. The molecule has 0 saturated heterocycles. The van der Waals surface area contributed by atoms with Crippen LogP contribution in [0.25, 0.3) is 0 Å². The van der Waals surface area contributed by atoms with E-state index in [4.69, 9.17) is 14.8 Å². The third-order valence-electron chi connectivity index (χ3n) is 6.68. The third kappa shape index (κ3) is 5.31. The second-order valence-electron chi connectivity index (χ2n) is 9.23. The van der Waals surface area contributed by atoms with E-state index in [9.17, 15) is 4.79 Å². The number of carbonyl (C=O) groups is 1. The summed E-state index contributed by atoms with van der Waals surface area (Å²) in [6.45, 7) is 6.03. The second kappa shape index (κ2) is 11.1. The molecule has 0 spiro atoms. The summed E-state index contributed by atoms with van der Waals surface area (Å²) in [4.78, 5) is 18.5. The van der Waals surface area contributed by atoms with Gasteiger partial charge < -0.3 is 15.4 Å². The lowest BCUT2D eigenvalue weighted by Crippen LogP contribution is -2.31. The predicted molar refractivity (Wildman–Crippen MR) is 153 cm³/mol. The topological polar surface area (TPSA) is 81.1 Å². The van der Waals surface area contributed by atoms with Crippen LogP contribution in [0.5, 0.6) is 5.75 Å². The van der Waals surface area contributed by atoms with Crippen molar-refractivity contribution in [3.63, 3.8) is 0 Å². The van der Waals surface area contributed by atoms with Crippen molar-refractivity contribution < 1.29 is 9.53 Å². The summed E-state index contributed by atoms with van der Waals surface area (Å²) in [6, 6.07) is 23.7. The number of nitrogens with zero attached hydrogens (tertiary/aromatic N) is 3. The highest BCUT2D eigenvalue weighted by molar-refractivity contribution is 7.98. The van der Waals surface area contributed by atoms with Gasteiger partial charge in [0.25, 0.3) is 5.91 Å². The van der Waals surface area contributed by atoms with Gasteiger partial charge in [-0.05, 0) is 60.7 Å². The van der Waals surface area contributed by atoms with E-state index in [1.165, 1.54) is 5.56 Å². The monoisotopic (exact) mass is 525 g/mol. The number of hydrogen-bond acceptors (Lipinski definition) is 6. The maximum absolute atomic E-state index is 13.7. The fourth-order valence-corrected chi connectivity index (χ4v) is 5.32. The average molecular weight is 526 g/mol. The largest absolute Gasteiger partial charge is 0.497 e. The number of para-hydroxylation sites is 1. The molecule has 1 atom stereocenters. The van der Waals surface area contributed by atoms with Crippen molar-refractivity contribution in [2.24, 2.45) is 0 Å². The molecule has 194 valence electrons. The van der Waals surface area contributed by atoms with Crippen molar-refractivity contribution in [3.8, 4) is 5.75 Å². The summed E-state index contributed by atoms with van der Waals surface area (Å²) < 4.78 is 7.18. The lowest BCUT2D eigenvalue weighted by atomic mass is 9.94. The van der Waals surface area contributed by atoms with Crippen LogP contribution in [0.15, 0.2) is 89.2 Å². The number of ether oxygens (including phenoxy) is 1. The molecular weight excluding hydrogens is 494 g/mol. The van der Waals surface area contributed by atoms with Gasteiger partial charge in [0.1, 0.15) is 11.8 Å². The Labute approximate surface area is 227 Å². The maximum Gasteiger partial charge on any atom is 0.255 e. The zero-order chi connectivity index (χ0) is 26.6. The molecule has 1 aromatic heterocycles. The Balaban J connectivity index is 1.48. The molecule has 8 heteroatoms. The SMILES string of the molecule is CCc1ccc([C@@H]2C(C(=O)Nc3ccccc3C)=C(C)Nc3nc(SCc4cccc(OC)c4)nn32)cc1. The van der Waals surface area contributed by atoms with Gasteiger partial charge in [0.05, 0.1) is 12.7 Å². The van der Waals surface area contributed by atoms with Crippen molar-refractivity contribution in [1.82, 2.24) is 14.8 Å². The van der Waals surface area contributed by atoms with E-state index in [1.807, 2.05) is 61.0 Å². The number of allylic oxidation sites excluding steroid dienone is 1. The molecule has 2 N–H and O–H groups in total. The van der Waals surface area contributed by atoms with Crippen molar-refractivity contribution in [2.75, 3.05) is 17.7 Å². The van der Waals surface area contributed by atoms with E-state index in [-0.39, 0.29) is 5.91 Å². The van der Waals surface area contributed by atoms with Crippen LogP contribution in [-0.2, 0) is 17.0 Å². The third-order valence-corrected chi connectivity index (χ3v) is 7.59. The fourth-order valence-electron chi connectivity index (χ4n) is 4.54. The van der Waals surface area contributed by atoms with Gasteiger partial charge in [0.15, 0.2) is 0 Å². The van der Waals surface area contributed by atoms with Gasteiger partial charge in [-0.1, -0.05) is 73.3 Å². The molecule has 0 radical (unpaired) electrons. The Morgan fingerprint density at radius 1 is 1.05 bits per heavy atom. The Morgan fingerprint density at radius 3 is 2.58 bits per heavy atom. The molecule has 2 heterocycles. The minimum atomic E-state index is -0.417. The van der Waals surface area contributed by atoms with Gasteiger partial charge in [0, 0.05) is 17.1 Å². The number of rotatable bonds is 8. The highest BCUT2D eigenvalue weighted by Gasteiger charge is 2.34. The number of hydrogen-bond donors (Lipinski definition) is 2. The summed E-state index contributed by atoms with van der Waals surface area (Å²) in [5.41, 5.74) is 6.50. The predicted octanol–water partition coefficient (Wildman–Crippen LogP) is 6.38. The van der Waals surface area contributed by atoms with E-state index in [0.717, 1.165) is 40.2 Å². The summed E-state index contributed by atoms with van der Waals surface area (Å²) in [5.74, 6) is 1.97. The first-order valence-corrected chi connectivity index (χ1v) is 13.6. The van der Waals surface area contributed by atoms with E-state index in [1.54, 1.807) is 18.9 Å². The molecule has 0 bridgehead atoms. The smallest absolute Gasteiger partial charge is 0.255 e. The molecule has 0 unspecified atom stereocenters. The number of benzene rings is 3. The van der Waals surface area contributed by atoms with Crippen molar-refractivity contribution in [2.45, 2.75) is 44.1 Å². The average Bonchev–Trinajstić information content (AvgIpc) is 3.35. The van der Waals surface area contributed by atoms with Gasteiger partial charge in [-0.25, -0.2) is 4.68 Å². The van der Waals surface area contributed by atoms with E-state index >= 15 is 0 Å². The molecule has 4 aromatic rings. The summed E-state index contributed by atoms with van der Waals surface area (Å²) in [7, 11) is 1.66. The molecular formula is C30H31N5O2S. The van der Waals surface area contributed by atoms with Crippen molar-refractivity contribution >= 4 is 29.3 Å². The van der Waals surface area contributed by atoms with Crippen LogP contribution >= 0.6 is 11.8 Å². The van der Waals surface area contributed by atoms with E-state index in [2.05, 4.69) is 47.9 Å². The fraction of sp³-hybridized carbons (Fsp3) is 0.233. The number of aryl methyl sites for hydroxylation is 2. The molecule has 7 nitrogen and oxygen atoms in total. The van der Waals surface area contributed by atoms with Crippen molar-refractivity contribution in [3.05, 3.63) is 106 Å². The molecule has 5 rings (SSSR count). The highest BCUT2D eigenvalue weighted by Crippen LogP contribution is 2.37. The van der Waals surface area contributed by atoms with Crippen LogP contribution in [0.1, 0.15) is 42.1 Å². The second-order valence-corrected chi connectivity index (χ2v) is 10.2. The summed E-state index contributed by atoms with van der Waals surface area (Å²) >= 11 is 1.55. The number of methoxy groups -OCH3 is 1. The Hall–Kier alpha value is -4.04. The number of anilines is 2. The minimum absolute atomic E-state index is 0.166. The van der Waals surface area contributed by atoms with Crippen LogP contribution in [0.4, 0.5) is 11.6 Å². The molecule has 0 aliphatic carbocycles. The molecule has 1 aliphatic heterocycles. The quantitative estimate of drug-likeness (QED) is 0.260. The number of carbonyl (C=O) groups excluding carboxylic acids is 1. The van der Waals surface area contributed by atoms with Crippen molar-refractivity contribution in [1.29, 1.82) is 0 Å². The molecule has 0 saturated carbocycles. The maximum atomic E-state index is 13.7. The number of aromatic nitrogens is 3. The van der Waals surface area contributed by atoms with Gasteiger partial charge in [-0.2, -0.15) is 4.98 Å². The van der Waals surface area contributed by atoms with Gasteiger partial charge >= 0.3 is 0 Å². The Morgan fingerprint density at radius 2 is 1.84 bits per heavy atom. The molecule has 3 aromatic carbocycles. The van der Waals surface area contributed by atoms with Crippen LogP contribution in [0.3, 0.4) is 0 Å². The number of fused-ring (bicyclic) bond motifs is 1. The molecule has 1 amide bonds. The van der Waals surface area contributed by atoms with Crippen LogP contribution in [0.2, 0.25) is 0 Å². The first kappa shape index (κ1) is 25.6. The summed E-state index contributed by atoms with van der Waals surface area (Å²) in [6.07, 6.45) is 0.946. The standard InChI is InChI=1S/C30H31N5O2S/c1-5-21-13-15-23(16-14-21)27-26(28(36)32-25-12-7-6-9-19(25)2)20(3)31-29-33-30(34-35(27)29)38-18-22-10-8-11-24(17-22)37-4/h6-17,27H,5,18H2,1-4H3,(H,32,36)(H,31,33,34)/t27-/m1/s1. The molecule has 0 fully saturated rings. The van der Waals surface area contributed by atoms with Crippen LogP contribution < -0.4 is 15.4 Å². The van der Waals surface area contributed by atoms with Gasteiger partial charge in [0.2, 0.25) is 11.1 Å². The lowest BCUT2D eigenvalue weighted by molar-refractivity contribution is -0.113.